The Morgan fingerprint density at radius 2 is 1.50 bits per heavy atom. The van der Waals surface area contributed by atoms with E-state index in [0.29, 0.717) is 11.1 Å². The molecule has 0 bridgehead atoms. The first-order valence-electron chi connectivity index (χ1n) is 8.23. The zero-order chi connectivity index (χ0) is 14.6. The number of benzene rings is 1. The summed E-state index contributed by atoms with van der Waals surface area (Å²) in [6, 6.07) is 10.9. The molecule has 112 valence electrons. The van der Waals surface area contributed by atoms with Gasteiger partial charge in [-0.05, 0) is 78.3 Å². The van der Waals surface area contributed by atoms with Crippen LogP contribution in [0.15, 0.2) is 30.3 Å². The minimum absolute atomic E-state index is 0.370. The fourth-order valence-electron chi connectivity index (χ4n) is 3.89. The third-order valence-corrected chi connectivity index (χ3v) is 4.98. The number of aryl methyl sites for hydroxylation is 1. The summed E-state index contributed by atoms with van der Waals surface area (Å²) < 4.78 is 0. The first-order chi connectivity index (χ1) is 9.42. The minimum atomic E-state index is 0.370. The van der Waals surface area contributed by atoms with Gasteiger partial charge in [0.05, 0.1) is 0 Å². The Morgan fingerprint density at radius 1 is 0.900 bits per heavy atom. The quantitative estimate of drug-likeness (QED) is 0.678. The highest BCUT2D eigenvalue weighted by Crippen LogP contribution is 2.38. The van der Waals surface area contributed by atoms with Crippen molar-refractivity contribution in [1.82, 2.24) is 4.90 Å². The Hall–Kier alpha value is -0.820. The number of hydrogen-bond acceptors (Lipinski definition) is 1. The SMILES string of the molecule is CC1(C)CCCC(C)(C)N1CCCCc1ccccc1. The molecule has 1 fully saturated rings. The van der Waals surface area contributed by atoms with Crippen LogP contribution >= 0.6 is 0 Å². The van der Waals surface area contributed by atoms with Crippen LogP contribution in [-0.2, 0) is 6.42 Å². The minimum Gasteiger partial charge on any atom is -0.293 e. The predicted molar refractivity (Wildman–Crippen MR) is 88.1 cm³/mol. The lowest BCUT2D eigenvalue weighted by molar-refractivity contribution is -0.0275. The molecule has 2 rings (SSSR count). The van der Waals surface area contributed by atoms with Gasteiger partial charge in [0, 0.05) is 11.1 Å². The van der Waals surface area contributed by atoms with E-state index in [2.05, 4.69) is 62.9 Å². The molecule has 1 aromatic carbocycles. The average Bonchev–Trinajstić information content (AvgIpc) is 2.37. The van der Waals surface area contributed by atoms with E-state index in [1.54, 1.807) is 0 Å². The van der Waals surface area contributed by atoms with E-state index in [0.717, 1.165) is 0 Å². The molecule has 1 aliphatic heterocycles. The normalized spacial score (nSPS) is 21.8. The van der Waals surface area contributed by atoms with Crippen LogP contribution in [0.2, 0.25) is 0 Å². The smallest absolute Gasteiger partial charge is 0.0158 e. The number of hydrogen-bond donors (Lipinski definition) is 0. The monoisotopic (exact) mass is 273 g/mol. The second kappa shape index (κ2) is 6.30. The van der Waals surface area contributed by atoms with Gasteiger partial charge in [-0.25, -0.2) is 0 Å². The molecule has 1 nitrogen and oxygen atoms in total. The summed E-state index contributed by atoms with van der Waals surface area (Å²) >= 11 is 0. The predicted octanol–water partition coefficient (Wildman–Crippen LogP) is 5.05. The third-order valence-electron chi connectivity index (χ3n) is 4.98. The highest BCUT2D eigenvalue weighted by atomic mass is 15.3. The molecule has 0 unspecified atom stereocenters. The second-order valence-electron chi connectivity index (χ2n) is 7.57. The van der Waals surface area contributed by atoms with Gasteiger partial charge in [-0.1, -0.05) is 30.3 Å². The Bertz CT molecular complexity index is 389. The standard InChI is InChI=1S/C19H31N/c1-18(2)14-10-15-19(3,4)20(18)16-9-8-13-17-11-6-5-7-12-17/h5-7,11-12H,8-10,13-16H2,1-4H3. The van der Waals surface area contributed by atoms with E-state index in [1.807, 2.05) is 0 Å². The zero-order valence-corrected chi connectivity index (χ0v) is 13.8. The van der Waals surface area contributed by atoms with E-state index < -0.39 is 0 Å². The van der Waals surface area contributed by atoms with Crippen molar-refractivity contribution < 1.29 is 0 Å². The van der Waals surface area contributed by atoms with Crippen LogP contribution in [0.1, 0.15) is 65.4 Å². The van der Waals surface area contributed by atoms with Crippen molar-refractivity contribution in [2.45, 2.75) is 77.3 Å². The van der Waals surface area contributed by atoms with E-state index >= 15 is 0 Å². The van der Waals surface area contributed by atoms with E-state index in [1.165, 1.54) is 50.6 Å². The first kappa shape index (κ1) is 15.6. The summed E-state index contributed by atoms with van der Waals surface area (Å²) in [6.07, 6.45) is 7.88. The molecular formula is C19H31N. The summed E-state index contributed by atoms with van der Waals surface area (Å²) in [5.41, 5.74) is 2.22. The van der Waals surface area contributed by atoms with Crippen LogP contribution in [0.5, 0.6) is 0 Å². The molecule has 0 radical (unpaired) electrons. The summed E-state index contributed by atoms with van der Waals surface area (Å²) in [5.74, 6) is 0. The molecule has 1 heterocycles. The Balaban J connectivity index is 1.83. The highest BCUT2D eigenvalue weighted by molar-refractivity contribution is 5.14. The van der Waals surface area contributed by atoms with Crippen molar-refractivity contribution in [2.75, 3.05) is 6.54 Å². The molecule has 1 saturated heterocycles. The molecule has 0 aromatic heterocycles. The Labute approximate surface area is 125 Å². The highest BCUT2D eigenvalue weighted by Gasteiger charge is 2.40. The average molecular weight is 273 g/mol. The number of unbranched alkanes of at least 4 members (excludes halogenated alkanes) is 1. The first-order valence-corrected chi connectivity index (χ1v) is 8.23. The topological polar surface area (TPSA) is 3.24 Å². The number of piperidine rings is 1. The summed E-state index contributed by atoms with van der Waals surface area (Å²) in [7, 11) is 0. The van der Waals surface area contributed by atoms with Gasteiger partial charge in [0.1, 0.15) is 0 Å². The number of rotatable bonds is 5. The van der Waals surface area contributed by atoms with E-state index in [9.17, 15) is 0 Å². The van der Waals surface area contributed by atoms with Crippen molar-refractivity contribution in [1.29, 1.82) is 0 Å². The van der Waals surface area contributed by atoms with Crippen molar-refractivity contribution in [3.8, 4) is 0 Å². The van der Waals surface area contributed by atoms with Gasteiger partial charge < -0.3 is 0 Å². The molecule has 0 atom stereocenters. The molecule has 0 aliphatic carbocycles. The largest absolute Gasteiger partial charge is 0.293 e. The maximum atomic E-state index is 2.76. The summed E-state index contributed by atoms with van der Waals surface area (Å²) in [6.45, 7) is 10.9. The van der Waals surface area contributed by atoms with Crippen LogP contribution in [0.25, 0.3) is 0 Å². The van der Waals surface area contributed by atoms with E-state index in [-0.39, 0.29) is 0 Å². The molecule has 0 amide bonds. The van der Waals surface area contributed by atoms with Gasteiger partial charge in [-0.3, -0.25) is 4.90 Å². The molecule has 0 spiro atoms. The van der Waals surface area contributed by atoms with Crippen molar-refractivity contribution in [3.05, 3.63) is 35.9 Å². The van der Waals surface area contributed by atoms with Gasteiger partial charge in [-0.2, -0.15) is 0 Å². The maximum absolute atomic E-state index is 2.76. The zero-order valence-electron chi connectivity index (χ0n) is 13.8. The Kier molecular flexibility index (Phi) is 4.90. The van der Waals surface area contributed by atoms with Gasteiger partial charge >= 0.3 is 0 Å². The van der Waals surface area contributed by atoms with Gasteiger partial charge in [0.25, 0.3) is 0 Å². The van der Waals surface area contributed by atoms with Gasteiger partial charge in [0.15, 0.2) is 0 Å². The maximum Gasteiger partial charge on any atom is 0.0158 e. The lowest BCUT2D eigenvalue weighted by atomic mass is 9.79. The molecule has 0 saturated carbocycles. The number of likely N-dealkylation sites (tertiary alicyclic amines) is 1. The third kappa shape index (κ3) is 3.85. The second-order valence-corrected chi connectivity index (χ2v) is 7.57. The molecule has 20 heavy (non-hydrogen) atoms. The van der Waals surface area contributed by atoms with E-state index in [4.69, 9.17) is 0 Å². The number of nitrogens with zero attached hydrogens (tertiary/aromatic N) is 1. The van der Waals surface area contributed by atoms with Crippen molar-refractivity contribution in [3.63, 3.8) is 0 Å². The Morgan fingerprint density at radius 3 is 2.10 bits per heavy atom. The van der Waals surface area contributed by atoms with Crippen molar-refractivity contribution in [2.24, 2.45) is 0 Å². The van der Waals surface area contributed by atoms with Gasteiger partial charge in [0.2, 0.25) is 0 Å². The van der Waals surface area contributed by atoms with Crippen LogP contribution < -0.4 is 0 Å². The van der Waals surface area contributed by atoms with Crippen LogP contribution in [-0.4, -0.2) is 22.5 Å². The molecule has 1 aliphatic rings. The molecule has 1 heteroatoms. The molecular weight excluding hydrogens is 242 g/mol. The summed E-state index contributed by atoms with van der Waals surface area (Å²) in [4.78, 5) is 2.76. The lowest BCUT2D eigenvalue weighted by Crippen LogP contribution is -2.58. The fourth-order valence-corrected chi connectivity index (χ4v) is 3.89. The lowest BCUT2D eigenvalue weighted by Gasteiger charge is -2.53. The van der Waals surface area contributed by atoms with Crippen LogP contribution in [0.3, 0.4) is 0 Å². The van der Waals surface area contributed by atoms with Crippen molar-refractivity contribution >= 4 is 0 Å². The molecule has 1 aromatic rings. The summed E-state index contributed by atoms with van der Waals surface area (Å²) in [5, 5.41) is 0. The van der Waals surface area contributed by atoms with Crippen LogP contribution in [0.4, 0.5) is 0 Å². The molecule has 0 N–H and O–H groups in total. The fraction of sp³-hybridized carbons (Fsp3) is 0.684. The van der Waals surface area contributed by atoms with Crippen LogP contribution in [0, 0.1) is 0 Å². The van der Waals surface area contributed by atoms with Gasteiger partial charge in [-0.15, -0.1) is 0 Å².